The van der Waals surface area contributed by atoms with Crippen LogP contribution < -0.4 is 4.74 Å². The smallest absolute Gasteiger partial charge is 0.346 e. The van der Waals surface area contributed by atoms with E-state index < -0.39 is 17.9 Å². The Bertz CT molecular complexity index is 1010. The SMILES string of the molecule is CC(=O)OC(=O)c1cccc(C(=O)Oc2cccc3ccccc23)c1C. The Hall–Kier alpha value is -3.47. The van der Waals surface area contributed by atoms with Crippen LogP contribution >= 0.6 is 0 Å². The number of ether oxygens (including phenoxy) is 2. The van der Waals surface area contributed by atoms with Gasteiger partial charge in [0.05, 0.1) is 11.1 Å². The van der Waals surface area contributed by atoms with Crippen LogP contribution in [0.1, 0.15) is 33.2 Å². The second-order valence-electron chi connectivity index (χ2n) is 5.73. The summed E-state index contributed by atoms with van der Waals surface area (Å²) in [6.45, 7) is 2.75. The van der Waals surface area contributed by atoms with Crippen molar-refractivity contribution in [3.8, 4) is 5.75 Å². The van der Waals surface area contributed by atoms with Crippen molar-refractivity contribution in [2.45, 2.75) is 13.8 Å². The predicted octanol–water partition coefficient (Wildman–Crippen LogP) is 4.07. The van der Waals surface area contributed by atoms with Crippen LogP contribution in [0.5, 0.6) is 5.75 Å². The number of esters is 3. The molecule has 0 spiro atoms. The van der Waals surface area contributed by atoms with Crippen LogP contribution in [0.4, 0.5) is 0 Å². The van der Waals surface area contributed by atoms with Crippen molar-refractivity contribution in [3.05, 3.63) is 77.4 Å². The van der Waals surface area contributed by atoms with Gasteiger partial charge in [0.25, 0.3) is 0 Å². The van der Waals surface area contributed by atoms with Gasteiger partial charge >= 0.3 is 17.9 Å². The van der Waals surface area contributed by atoms with Gasteiger partial charge in [-0.1, -0.05) is 42.5 Å². The summed E-state index contributed by atoms with van der Waals surface area (Å²) in [5.41, 5.74) is 0.771. The minimum atomic E-state index is -0.796. The van der Waals surface area contributed by atoms with Gasteiger partial charge in [-0.15, -0.1) is 0 Å². The molecule has 0 aliphatic heterocycles. The van der Waals surface area contributed by atoms with Crippen LogP contribution in [-0.2, 0) is 9.53 Å². The number of hydrogen-bond donors (Lipinski definition) is 0. The molecule has 0 bridgehead atoms. The zero-order valence-electron chi connectivity index (χ0n) is 14.3. The Balaban J connectivity index is 1.93. The molecule has 0 radical (unpaired) electrons. The summed E-state index contributed by atoms with van der Waals surface area (Å²) in [5, 5.41) is 1.77. The van der Waals surface area contributed by atoms with E-state index in [4.69, 9.17) is 4.74 Å². The van der Waals surface area contributed by atoms with Crippen LogP contribution in [0, 0.1) is 6.92 Å². The molecule has 0 saturated carbocycles. The zero-order valence-corrected chi connectivity index (χ0v) is 14.3. The van der Waals surface area contributed by atoms with E-state index in [1.807, 2.05) is 30.3 Å². The Labute approximate surface area is 150 Å². The summed E-state index contributed by atoms with van der Waals surface area (Å²) in [6.07, 6.45) is 0. The summed E-state index contributed by atoms with van der Waals surface area (Å²) in [5.74, 6) is -1.66. The summed E-state index contributed by atoms with van der Waals surface area (Å²) < 4.78 is 10.2. The third kappa shape index (κ3) is 3.47. The first-order chi connectivity index (χ1) is 12.5. The van der Waals surface area contributed by atoms with E-state index >= 15 is 0 Å². The van der Waals surface area contributed by atoms with E-state index in [-0.39, 0.29) is 11.1 Å². The first-order valence-corrected chi connectivity index (χ1v) is 7.99. The minimum Gasteiger partial charge on any atom is -0.422 e. The first-order valence-electron chi connectivity index (χ1n) is 7.99. The monoisotopic (exact) mass is 348 g/mol. The van der Waals surface area contributed by atoms with Crippen molar-refractivity contribution in [2.24, 2.45) is 0 Å². The second kappa shape index (κ2) is 7.19. The Morgan fingerprint density at radius 3 is 2.12 bits per heavy atom. The second-order valence-corrected chi connectivity index (χ2v) is 5.73. The van der Waals surface area contributed by atoms with Gasteiger partial charge in [0.15, 0.2) is 0 Å². The topological polar surface area (TPSA) is 69.7 Å². The van der Waals surface area contributed by atoms with Crippen molar-refractivity contribution >= 4 is 28.7 Å². The molecule has 0 saturated heterocycles. The average Bonchev–Trinajstić information content (AvgIpc) is 2.61. The molecule has 0 unspecified atom stereocenters. The summed E-state index contributed by atoms with van der Waals surface area (Å²) in [7, 11) is 0. The molecule has 0 aliphatic carbocycles. The molecule has 5 heteroatoms. The van der Waals surface area contributed by atoms with Crippen LogP contribution in [0.25, 0.3) is 10.8 Å². The third-order valence-electron chi connectivity index (χ3n) is 3.96. The molecule has 3 aromatic carbocycles. The standard InChI is InChI=1S/C21H16O5/c1-13-16(20(23)25-14(2)22)10-6-11-17(13)21(24)26-19-12-5-8-15-7-3-4-9-18(15)19/h3-12H,1-2H3. The van der Waals surface area contributed by atoms with Crippen LogP contribution in [0.2, 0.25) is 0 Å². The molecule has 0 fully saturated rings. The van der Waals surface area contributed by atoms with E-state index in [2.05, 4.69) is 4.74 Å². The van der Waals surface area contributed by atoms with Gasteiger partial charge in [0.2, 0.25) is 0 Å². The van der Waals surface area contributed by atoms with Gasteiger partial charge in [-0.3, -0.25) is 4.79 Å². The van der Waals surface area contributed by atoms with Gasteiger partial charge in [-0.2, -0.15) is 0 Å². The predicted molar refractivity (Wildman–Crippen MR) is 96.2 cm³/mol. The van der Waals surface area contributed by atoms with E-state index in [0.717, 1.165) is 17.7 Å². The summed E-state index contributed by atoms with van der Waals surface area (Å²) >= 11 is 0. The van der Waals surface area contributed by atoms with E-state index in [1.54, 1.807) is 31.2 Å². The molecule has 130 valence electrons. The molecule has 0 atom stereocenters. The number of carbonyl (C=O) groups excluding carboxylic acids is 3. The lowest BCUT2D eigenvalue weighted by Crippen LogP contribution is -2.15. The third-order valence-corrected chi connectivity index (χ3v) is 3.96. The highest BCUT2D eigenvalue weighted by atomic mass is 16.6. The molecule has 0 heterocycles. The number of benzene rings is 3. The quantitative estimate of drug-likeness (QED) is 0.405. The minimum absolute atomic E-state index is 0.146. The van der Waals surface area contributed by atoms with Crippen LogP contribution in [0.15, 0.2) is 60.7 Å². The van der Waals surface area contributed by atoms with Crippen molar-refractivity contribution in [2.75, 3.05) is 0 Å². The molecular weight excluding hydrogens is 332 g/mol. The molecule has 0 amide bonds. The molecular formula is C21H16O5. The van der Waals surface area contributed by atoms with Gasteiger partial charge in [0.1, 0.15) is 5.75 Å². The average molecular weight is 348 g/mol. The summed E-state index contributed by atoms with van der Waals surface area (Å²) in [6, 6.07) is 17.6. The van der Waals surface area contributed by atoms with Gasteiger partial charge in [0, 0.05) is 12.3 Å². The summed E-state index contributed by atoms with van der Waals surface area (Å²) in [4.78, 5) is 35.6. The van der Waals surface area contributed by atoms with E-state index in [9.17, 15) is 14.4 Å². The van der Waals surface area contributed by atoms with Crippen LogP contribution in [-0.4, -0.2) is 17.9 Å². The fourth-order valence-corrected chi connectivity index (χ4v) is 2.70. The highest BCUT2D eigenvalue weighted by Gasteiger charge is 2.20. The first kappa shape index (κ1) is 17.4. The maximum Gasteiger partial charge on any atom is 0.346 e. The fraction of sp³-hybridized carbons (Fsp3) is 0.0952. The number of hydrogen-bond acceptors (Lipinski definition) is 5. The normalized spacial score (nSPS) is 10.4. The Kier molecular flexibility index (Phi) is 4.80. The van der Waals surface area contributed by atoms with E-state index in [1.165, 1.54) is 6.07 Å². The lowest BCUT2D eigenvalue weighted by Gasteiger charge is -2.11. The van der Waals surface area contributed by atoms with Gasteiger partial charge in [-0.05, 0) is 36.1 Å². The number of fused-ring (bicyclic) bond motifs is 1. The van der Waals surface area contributed by atoms with Gasteiger partial charge in [-0.25, -0.2) is 9.59 Å². The molecule has 0 aromatic heterocycles. The highest BCUT2D eigenvalue weighted by molar-refractivity contribution is 6.02. The molecule has 26 heavy (non-hydrogen) atoms. The largest absolute Gasteiger partial charge is 0.422 e. The fourth-order valence-electron chi connectivity index (χ4n) is 2.70. The van der Waals surface area contributed by atoms with E-state index in [0.29, 0.717) is 11.3 Å². The molecule has 5 nitrogen and oxygen atoms in total. The molecule has 3 rings (SSSR count). The number of carbonyl (C=O) groups is 3. The Morgan fingerprint density at radius 1 is 0.769 bits per heavy atom. The van der Waals surface area contributed by atoms with Crippen molar-refractivity contribution in [1.29, 1.82) is 0 Å². The molecule has 3 aromatic rings. The Morgan fingerprint density at radius 2 is 1.38 bits per heavy atom. The van der Waals surface area contributed by atoms with Crippen molar-refractivity contribution < 1.29 is 23.9 Å². The zero-order chi connectivity index (χ0) is 18.7. The van der Waals surface area contributed by atoms with Crippen LogP contribution in [0.3, 0.4) is 0 Å². The lowest BCUT2D eigenvalue weighted by atomic mass is 10.0. The maximum atomic E-state index is 12.6. The maximum absolute atomic E-state index is 12.6. The van der Waals surface area contributed by atoms with Crippen molar-refractivity contribution in [1.82, 2.24) is 0 Å². The van der Waals surface area contributed by atoms with Gasteiger partial charge < -0.3 is 9.47 Å². The highest BCUT2D eigenvalue weighted by Crippen LogP contribution is 2.26. The molecule has 0 aliphatic rings. The van der Waals surface area contributed by atoms with Crippen molar-refractivity contribution in [3.63, 3.8) is 0 Å². The molecule has 0 N–H and O–H groups in total. The lowest BCUT2D eigenvalue weighted by molar-refractivity contribution is -0.135. The number of rotatable bonds is 3.